The van der Waals surface area contributed by atoms with Crippen molar-refractivity contribution in [1.82, 2.24) is 4.98 Å². The Labute approximate surface area is 116 Å². The van der Waals surface area contributed by atoms with Gasteiger partial charge in [-0.1, -0.05) is 0 Å². The number of rotatable bonds is 3. The monoisotopic (exact) mass is 289 g/mol. The van der Waals surface area contributed by atoms with Crippen LogP contribution in [0.3, 0.4) is 0 Å². The van der Waals surface area contributed by atoms with Gasteiger partial charge in [-0.15, -0.1) is 11.3 Å². The predicted molar refractivity (Wildman–Crippen MR) is 72.3 cm³/mol. The van der Waals surface area contributed by atoms with Gasteiger partial charge in [-0.05, 0) is 12.1 Å². The molecule has 3 N–H and O–H groups in total. The first kappa shape index (κ1) is 13.4. The Morgan fingerprint density at radius 2 is 2.30 bits per heavy atom. The number of hydrogen-bond acceptors (Lipinski definition) is 7. The third-order valence-electron chi connectivity index (χ3n) is 2.33. The van der Waals surface area contributed by atoms with E-state index in [1.165, 1.54) is 17.5 Å². The first-order valence-electron chi connectivity index (χ1n) is 5.22. The molecular formula is C11H7N5O3S. The van der Waals surface area contributed by atoms with Crippen molar-refractivity contribution >= 4 is 33.8 Å². The number of nitriles is 1. The quantitative estimate of drug-likeness (QED) is 0.652. The number of amides is 1. The maximum Gasteiger partial charge on any atom is 0.294 e. The summed E-state index contributed by atoms with van der Waals surface area (Å²) >= 11 is 1.09. The van der Waals surface area contributed by atoms with Crippen LogP contribution in [0.15, 0.2) is 23.6 Å². The van der Waals surface area contributed by atoms with Gasteiger partial charge in [-0.2, -0.15) is 5.26 Å². The SMILES string of the molecule is N#Cc1ccc(NC(=O)c2csc(N)n2)c([N+](=O)[O-])c1. The topological polar surface area (TPSA) is 135 Å². The van der Waals surface area contributed by atoms with E-state index in [2.05, 4.69) is 10.3 Å². The van der Waals surface area contributed by atoms with Crippen LogP contribution in [0.5, 0.6) is 0 Å². The van der Waals surface area contributed by atoms with Crippen LogP contribution in [0.1, 0.15) is 16.1 Å². The fourth-order valence-corrected chi connectivity index (χ4v) is 1.98. The Bertz CT molecular complexity index is 734. The number of nitrogen functional groups attached to an aromatic ring is 1. The summed E-state index contributed by atoms with van der Waals surface area (Å²) in [5.74, 6) is -0.606. The van der Waals surface area contributed by atoms with E-state index < -0.39 is 10.8 Å². The van der Waals surface area contributed by atoms with Crippen molar-refractivity contribution in [3.8, 4) is 6.07 Å². The van der Waals surface area contributed by atoms with E-state index in [0.29, 0.717) is 0 Å². The molecule has 0 aliphatic heterocycles. The molecule has 20 heavy (non-hydrogen) atoms. The lowest BCUT2D eigenvalue weighted by molar-refractivity contribution is -0.383. The molecule has 9 heteroatoms. The zero-order valence-electron chi connectivity index (χ0n) is 9.86. The highest BCUT2D eigenvalue weighted by atomic mass is 32.1. The largest absolute Gasteiger partial charge is 0.375 e. The second-order valence-corrected chi connectivity index (χ2v) is 4.52. The van der Waals surface area contributed by atoms with E-state index in [1.54, 1.807) is 6.07 Å². The van der Waals surface area contributed by atoms with Crippen LogP contribution in [0.4, 0.5) is 16.5 Å². The van der Waals surface area contributed by atoms with Crippen molar-refractivity contribution in [1.29, 1.82) is 5.26 Å². The number of nitrogens with two attached hydrogens (primary N) is 1. The summed E-state index contributed by atoms with van der Waals surface area (Å²) < 4.78 is 0. The average molecular weight is 289 g/mol. The van der Waals surface area contributed by atoms with Crippen molar-refractivity contribution in [2.45, 2.75) is 0 Å². The fraction of sp³-hybridized carbons (Fsp3) is 0. The standard InChI is InChI=1S/C11H7N5O3S/c12-4-6-1-2-7(9(3-6)16(18)19)14-10(17)8-5-20-11(13)15-8/h1-3,5H,(H2,13,15)(H,14,17). The summed E-state index contributed by atoms with van der Waals surface area (Å²) in [5, 5.41) is 23.7. The van der Waals surface area contributed by atoms with Crippen LogP contribution < -0.4 is 11.1 Å². The average Bonchev–Trinajstić information content (AvgIpc) is 2.85. The molecule has 0 aliphatic carbocycles. The molecule has 0 bridgehead atoms. The molecule has 1 aromatic carbocycles. The highest BCUT2D eigenvalue weighted by Crippen LogP contribution is 2.26. The Morgan fingerprint density at radius 1 is 1.55 bits per heavy atom. The molecule has 2 aromatic rings. The zero-order valence-corrected chi connectivity index (χ0v) is 10.7. The normalized spacial score (nSPS) is 9.75. The highest BCUT2D eigenvalue weighted by molar-refractivity contribution is 7.13. The van der Waals surface area contributed by atoms with Gasteiger partial charge in [-0.3, -0.25) is 14.9 Å². The minimum absolute atomic E-state index is 0.00873. The second kappa shape index (κ2) is 5.33. The molecule has 1 heterocycles. The summed E-state index contributed by atoms with van der Waals surface area (Å²) in [6.07, 6.45) is 0. The van der Waals surface area contributed by atoms with E-state index in [-0.39, 0.29) is 27.8 Å². The van der Waals surface area contributed by atoms with Crippen molar-refractivity contribution in [2.75, 3.05) is 11.1 Å². The van der Waals surface area contributed by atoms with Crippen LogP contribution in [0, 0.1) is 21.4 Å². The zero-order chi connectivity index (χ0) is 14.7. The Hall–Kier alpha value is -2.99. The number of hydrogen-bond donors (Lipinski definition) is 2. The molecule has 0 saturated carbocycles. The molecule has 0 saturated heterocycles. The van der Waals surface area contributed by atoms with Gasteiger partial charge in [0.1, 0.15) is 11.4 Å². The molecule has 0 spiro atoms. The van der Waals surface area contributed by atoms with Crippen molar-refractivity contribution < 1.29 is 9.72 Å². The first-order valence-corrected chi connectivity index (χ1v) is 6.10. The van der Waals surface area contributed by atoms with Gasteiger partial charge < -0.3 is 11.1 Å². The predicted octanol–water partition coefficient (Wildman–Crippen LogP) is 1.76. The number of nitro benzene ring substituents is 1. The molecule has 0 atom stereocenters. The van der Waals surface area contributed by atoms with Crippen molar-refractivity contribution in [2.24, 2.45) is 0 Å². The minimum Gasteiger partial charge on any atom is -0.375 e. The number of benzene rings is 1. The van der Waals surface area contributed by atoms with Crippen molar-refractivity contribution in [3.63, 3.8) is 0 Å². The molecular weight excluding hydrogens is 282 g/mol. The molecule has 0 unspecified atom stereocenters. The Morgan fingerprint density at radius 3 is 2.85 bits per heavy atom. The minimum atomic E-state index is -0.675. The lowest BCUT2D eigenvalue weighted by Gasteiger charge is -2.04. The Kier molecular flexibility index (Phi) is 3.58. The molecule has 1 aromatic heterocycles. The van der Waals surface area contributed by atoms with Gasteiger partial charge in [0.2, 0.25) is 0 Å². The number of carbonyl (C=O) groups is 1. The van der Waals surface area contributed by atoms with Gasteiger partial charge in [0, 0.05) is 11.4 Å². The lowest BCUT2D eigenvalue weighted by atomic mass is 10.2. The van der Waals surface area contributed by atoms with Crippen LogP contribution in [0.25, 0.3) is 0 Å². The number of nitrogens with zero attached hydrogens (tertiary/aromatic N) is 3. The second-order valence-electron chi connectivity index (χ2n) is 3.63. The number of carbonyl (C=O) groups excluding carboxylic acids is 1. The fourth-order valence-electron chi connectivity index (χ4n) is 1.44. The van der Waals surface area contributed by atoms with Crippen LogP contribution >= 0.6 is 11.3 Å². The van der Waals surface area contributed by atoms with E-state index >= 15 is 0 Å². The number of thiazole rings is 1. The van der Waals surface area contributed by atoms with Gasteiger partial charge in [0.05, 0.1) is 16.6 Å². The van der Waals surface area contributed by atoms with Crippen LogP contribution in [-0.4, -0.2) is 15.8 Å². The third-order valence-corrected chi connectivity index (χ3v) is 3.00. The highest BCUT2D eigenvalue weighted by Gasteiger charge is 2.18. The number of nitrogens with one attached hydrogen (secondary N) is 1. The van der Waals surface area contributed by atoms with Gasteiger partial charge in [0.25, 0.3) is 11.6 Å². The van der Waals surface area contributed by atoms with Gasteiger partial charge in [-0.25, -0.2) is 4.98 Å². The molecule has 100 valence electrons. The molecule has 0 radical (unpaired) electrons. The molecule has 2 rings (SSSR count). The van der Waals surface area contributed by atoms with E-state index in [0.717, 1.165) is 17.4 Å². The number of aromatic nitrogens is 1. The maximum absolute atomic E-state index is 11.8. The molecule has 1 amide bonds. The first-order chi connectivity index (χ1) is 9.51. The molecule has 8 nitrogen and oxygen atoms in total. The van der Waals surface area contributed by atoms with E-state index in [1.807, 2.05) is 0 Å². The van der Waals surface area contributed by atoms with Gasteiger partial charge in [0.15, 0.2) is 5.13 Å². The lowest BCUT2D eigenvalue weighted by Crippen LogP contribution is -2.13. The smallest absolute Gasteiger partial charge is 0.294 e. The van der Waals surface area contributed by atoms with E-state index in [9.17, 15) is 14.9 Å². The summed E-state index contributed by atoms with van der Waals surface area (Å²) in [4.78, 5) is 25.9. The molecule has 0 aliphatic rings. The summed E-state index contributed by atoms with van der Waals surface area (Å²) in [6, 6.07) is 5.55. The van der Waals surface area contributed by atoms with Gasteiger partial charge >= 0.3 is 0 Å². The summed E-state index contributed by atoms with van der Waals surface area (Å²) in [6.45, 7) is 0. The third kappa shape index (κ3) is 2.70. The molecule has 0 fully saturated rings. The number of anilines is 2. The van der Waals surface area contributed by atoms with Crippen LogP contribution in [-0.2, 0) is 0 Å². The summed E-state index contributed by atoms with van der Waals surface area (Å²) in [5.41, 5.74) is 5.25. The number of nitro groups is 1. The van der Waals surface area contributed by atoms with E-state index in [4.69, 9.17) is 11.0 Å². The van der Waals surface area contributed by atoms with Crippen molar-refractivity contribution in [3.05, 3.63) is 45.0 Å². The Balaban J connectivity index is 2.32. The maximum atomic E-state index is 11.8. The summed E-state index contributed by atoms with van der Waals surface area (Å²) in [7, 11) is 0. The van der Waals surface area contributed by atoms with Crippen LogP contribution in [0.2, 0.25) is 0 Å².